The molecule has 0 radical (unpaired) electrons. The molecule has 0 spiro atoms. The molecule has 176 valence electrons. The van der Waals surface area contributed by atoms with Crippen molar-refractivity contribution in [3.8, 4) is 11.3 Å². The molecule has 2 N–H and O–H groups in total. The van der Waals surface area contributed by atoms with E-state index in [1.807, 2.05) is 6.92 Å². The molecule has 9 heteroatoms. The SMILES string of the molecule is Cc1ccc(C(=O)NC(=Cc2ccc(-c3ccccc3[N+](=O)[O-])o2)C(=O)NCc2ccco2)cc1. The van der Waals surface area contributed by atoms with Crippen molar-refractivity contribution < 1.29 is 23.3 Å². The summed E-state index contributed by atoms with van der Waals surface area (Å²) >= 11 is 0. The summed E-state index contributed by atoms with van der Waals surface area (Å²) < 4.78 is 11.0. The highest BCUT2D eigenvalue weighted by atomic mass is 16.6. The van der Waals surface area contributed by atoms with E-state index in [0.717, 1.165) is 5.56 Å². The van der Waals surface area contributed by atoms with Gasteiger partial charge in [0.1, 0.15) is 23.0 Å². The molecule has 9 nitrogen and oxygen atoms in total. The number of para-hydroxylation sites is 1. The van der Waals surface area contributed by atoms with E-state index in [9.17, 15) is 19.7 Å². The van der Waals surface area contributed by atoms with Gasteiger partial charge in [-0.25, -0.2) is 0 Å². The highest BCUT2D eigenvalue weighted by Crippen LogP contribution is 2.31. The van der Waals surface area contributed by atoms with Crippen molar-refractivity contribution in [2.24, 2.45) is 0 Å². The third-order valence-corrected chi connectivity index (χ3v) is 5.09. The second-order valence-electron chi connectivity index (χ2n) is 7.62. The van der Waals surface area contributed by atoms with Crippen molar-refractivity contribution in [1.82, 2.24) is 10.6 Å². The summed E-state index contributed by atoms with van der Waals surface area (Å²) in [5, 5.41) is 16.7. The van der Waals surface area contributed by atoms with Crippen molar-refractivity contribution in [2.75, 3.05) is 0 Å². The standard InChI is InChI=1S/C26H21N3O6/c1-17-8-10-18(11-9-17)25(30)28-22(26(31)27-16-20-5-4-14-34-20)15-19-12-13-24(35-19)21-6-2-3-7-23(21)29(32)33/h2-15H,16H2,1H3,(H,27,31)(H,28,30). The van der Waals surface area contributed by atoms with Gasteiger partial charge < -0.3 is 19.5 Å². The van der Waals surface area contributed by atoms with Gasteiger partial charge >= 0.3 is 0 Å². The summed E-state index contributed by atoms with van der Waals surface area (Å²) in [6.07, 6.45) is 2.85. The average molecular weight is 471 g/mol. The number of nitrogens with one attached hydrogen (secondary N) is 2. The summed E-state index contributed by atoms with van der Waals surface area (Å²) in [4.78, 5) is 36.6. The third-order valence-electron chi connectivity index (χ3n) is 5.09. The second kappa shape index (κ2) is 10.3. The van der Waals surface area contributed by atoms with Gasteiger partial charge in [-0.15, -0.1) is 0 Å². The zero-order valence-electron chi connectivity index (χ0n) is 18.7. The number of aryl methyl sites for hydroxylation is 1. The van der Waals surface area contributed by atoms with E-state index in [1.165, 1.54) is 18.4 Å². The average Bonchev–Trinajstić information content (AvgIpc) is 3.55. The number of hydrogen-bond acceptors (Lipinski definition) is 6. The monoisotopic (exact) mass is 471 g/mol. The highest BCUT2D eigenvalue weighted by molar-refractivity contribution is 6.05. The number of nitrogens with zero attached hydrogens (tertiary/aromatic N) is 1. The Morgan fingerprint density at radius 2 is 1.77 bits per heavy atom. The Labute approximate surface area is 200 Å². The van der Waals surface area contributed by atoms with E-state index in [-0.39, 0.29) is 29.4 Å². The van der Waals surface area contributed by atoms with Crippen molar-refractivity contribution in [1.29, 1.82) is 0 Å². The fraction of sp³-hybridized carbons (Fsp3) is 0.0769. The molecule has 0 aliphatic rings. The lowest BCUT2D eigenvalue weighted by atomic mass is 10.1. The maximum absolute atomic E-state index is 12.9. The molecule has 0 aliphatic carbocycles. The first-order valence-electron chi connectivity index (χ1n) is 10.6. The summed E-state index contributed by atoms with van der Waals surface area (Å²) in [6, 6.07) is 19.6. The number of carbonyl (C=O) groups is 2. The molecule has 0 aliphatic heterocycles. The van der Waals surface area contributed by atoms with Crippen molar-refractivity contribution in [3.05, 3.63) is 118 Å². The lowest BCUT2D eigenvalue weighted by molar-refractivity contribution is -0.384. The van der Waals surface area contributed by atoms with Gasteiger partial charge in [0, 0.05) is 17.7 Å². The third kappa shape index (κ3) is 5.72. The van der Waals surface area contributed by atoms with Crippen LogP contribution in [0.3, 0.4) is 0 Å². The lowest BCUT2D eigenvalue weighted by Gasteiger charge is -2.10. The molecular formula is C26H21N3O6. The van der Waals surface area contributed by atoms with Gasteiger partial charge in [0.05, 0.1) is 23.3 Å². The minimum atomic E-state index is -0.564. The van der Waals surface area contributed by atoms with Crippen LogP contribution in [0.15, 0.2) is 93.6 Å². The van der Waals surface area contributed by atoms with Gasteiger partial charge in [0.15, 0.2) is 0 Å². The number of nitro benzene ring substituents is 1. The topological polar surface area (TPSA) is 128 Å². The first kappa shape index (κ1) is 23.2. The summed E-state index contributed by atoms with van der Waals surface area (Å²) in [5.74, 6) is -0.0196. The van der Waals surface area contributed by atoms with Gasteiger partial charge in [-0.1, -0.05) is 29.8 Å². The molecule has 0 saturated heterocycles. The fourth-order valence-electron chi connectivity index (χ4n) is 3.29. The van der Waals surface area contributed by atoms with E-state index in [1.54, 1.807) is 66.7 Å². The first-order valence-corrected chi connectivity index (χ1v) is 10.6. The van der Waals surface area contributed by atoms with Crippen LogP contribution in [-0.2, 0) is 11.3 Å². The minimum Gasteiger partial charge on any atom is -0.467 e. The van der Waals surface area contributed by atoms with E-state index in [4.69, 9.17) is 8.83 Å². The maximum Gasteiger partial charge on any atom is 0.280 e. The molecule has 2 amide bonds. The molecule has 2 aromatic heterocycles. The number of benzene rings is 2. The van der Waals surface area contributed by atoms with Crippen LogP contribution in [0.5, 0.6) is 0 Å². The van der Waals surface area contributed by atoms with E-state index < -0.39 is 16.7 Å². The Kier molecular flexibility index (Phi) is 6.87. The van der Waals surface area contributed by atoms with Crippen LogP contribution < -0.4 is 10.6 Å². The first-order chi connectivity index (χ1) is 16.9. The summed E-state index contributed by atoms with van der Waals surface area (Å²) in [5.41, 5.74) is 1.49. The molecule has 4 aromatic rings. The van der Waals surface area contributed by atoms with Gasteiger partial charge in [0.2, 0.25) is 0 Å². The van der Waals surface area contributed by atoms with Crippen LogP contribution in [0, 0.1) is 17.0 Å². The number of rotatable bonds is 8. The summed E-state index contributed by atoms with van der Waals surface area (Å²) in [7, 11) is 0. The van der Waals surface area contributed by atoms with Crippen LogP contribution in [-0.4, -0.2) is 16.7 Å². The van der Waals surface area contributed by atoms with E-state index in [2.05, 4.69) is 10.6 Å². The van der Waals surface area contributed by atoms with Crippen LogP contribution >= 0.6 is 0 Å². The quantitative estimate of drug-likeness (QED) is 0.215. The minimum absolute atomic E-state index is 0.0643. The van der Waals surface area contributed by atoms with E-state index in [0.29, 0.717) is 16.9 Å². The van der Waals surface area contributed by atoms with Gasteiger partial charge in [-0.3, -0.25) is 19.7 Å². The molecule has 4 rings (SSSR count). The number of nitro groups is 1. The predicted octanol–water partition coefficient (Wildman–Crippen LogP) is 4.84. The molecule has 35 heavy (non-hydrogen) atoms. The molecule has 0 fully saturated rings. The highest BCUT2D eigenvalue weighted by Gasteiger charge is 2.19. The maximum atomic E-state index is 12.9. The van der Waals surface area contributed by atoms with Crippen LogP contribution in [0.4, 0.5) is 5.69 Å². The number of amides is 2. The largest absolute Gasteiger partial charge is 0.467 e. The molecule has 0 atom stereocenters. The fourth-order valence-corrected chi connectivity index (χ4v) is 3.29. The lowest BCUT2D eigenvalue weighted by Crippen LogP contribution is -2.34. The second-order valence-corrected chi connectivity index (χ2v) is 7.62. The number of furan rings is 2. The molecule has 2 heterocycles. The number of hydrogen-bond donors (Lipinski definition) is 2. The predicted molar refractivity (Wildman–Crippen MR) is 128 cm³/mol. The smallest absolute Gasteiger partial charge is 0.280 e. The molecule has 0 bridgehead atoms. The van der Waals surface area contributed by atoms with Crippen molar-refractivity contribution in [3.63, 3.8) is 0 Å². The van der Waals surface area contributed by atoms with Crippen LogP contribution in [0.25, 0.3) is 17.4 Å². The zero-order chi connectivity index (χ0) is 24.8. The van der Waals surface area contributed by atoms with Gasteiger partial charge in [-0.05, 0) is 49.4 Å². The zero-order valence-corrected chi connectivity index (χ0v) is 18.7. The van der Waals surface area contributed by atoms with Crippen LogP contribution in [0.2, 0.25) is 0 Å². The van der Waals surface area contributed by atoms with Crippen LogP contribution in [0.1, 0.15) is 27.4 Å². The molecule has 0 saturated carbocycles. The summed E-state index contributed by atoms with van der Waals surface area (Å²) in [6.45, 7) is 2.02. The Hall–Kier alpha value is -4.92. The van der Waals surface area contributed by atoms with Crippen molar-refractivity contribution in [2.45, 2.75) is 13.5 Å². The number of carbonyl (C=O) groups excluding carboxylic acids is 2. The Morgan fingerprint density at radius 1 is 1.00 bits per heavy atom. The molecular weight excluding hydrogens is 450 g/mol. The molecule has 2 aromatic carbocycles. The Morgan fingerprint density at radius 3 is 2.49 bits per heavy atom. The molecule has 0 unspecified atom stereocenters. The Balaban J connectivity index is 1.62. The van der Waals surface area contributed by atoms with Crippen molar-refractivity contribution >= 4 is 23.6 Å². The van der Waals surface area contributed by atoms with Gasteiger partial charge in [0.25, 0.3) is 17.5 Å². The normalized spacial score (nSPS) is 11.2. The van der Waals surface area contributed by atoms with Gasteiger partial charge in [-0.2, -0.15) is 0 Å². The Bertz CT molecular complexity index is 1380. The van der Waals surface area contributed by atoms with E-state index >= 15 is 0 Å².